The number of aromatic nitrogens is 4. The molecule has 2 aromatic rings. The number of fused-ring (bicyclic) bond motifs is 1. The molecule has 3 heterocycles. The van der Waals surface area contributed by atoms with E-state index in [-0.39, 0.29) is 6.04 Å². The molecule has 0 fully saturated rings. The minimum absolute atomic E-state index is 0.247. The summed E-state index contributed by atoms with van der Waals surface area (Å²) in [6.45, 7) is 3.92. The molecule has 0 amide bonds. The molecule has 6 heteroatoms. The molecular weight excluding hydrogens is 282 g/mol. The first kappa shape index (κ1) is 10.9. The first-order chi connectivity index (χ1) is 8.25. The minimum Gasteiger partial charge on any atom is -0.307 e. The Morgan fingerprint density at radius 1 is 1.41 bits per heavy atom. The maximum atomic E-state index is 4.42. The van der Waals surface area contributed by atoms with Gasteiger partial charge >= 0.3 is 0 Å². The van der Waals surface area contributed by atoms with E-state index in [4.69, 9.17) is 0 Å². The van der Waals surface area contributed by atoms with Crippen molar-refractivity contribution in [3.05, 3.63) is 28.6 Å². The summed E-state index contributed by atoms with van der Waals surface area (Å²) in [7, 11) is 0. The fourth-order valence-corrected chi connectivity index (χ4v) is 2.41. The molecule has 1 aliphatic rings. The monoisotopic (exact) mass is 293 g/mol. The van der Waals surface area contributed by atoms with Gasteiger partial charge in [-0.3, -0.25) is 0 Å². The largest absolute Gasteiger partial charge is 0.307 e. The molecule has 1 N–H and O–H groups in total. The van der Waals surface area contributed by atoms with Crippen LogP contribution in [-0.4, -0.2) is 26.3 Å². The molecule has 1 unspecified atom stereocenters. The van der Waals surface area contributed by atoms with Crippen LogP contribution in [0.5, 0.6) is 0 Å². The van der Waals surface area contributed by atoms with Gasteiger partial charge in [-0.15, -0.1) is 10.2 Å². The number of nitrogens with one attached hydrogen (secondary N) is 1. The van der Waals surface area contributed by atoms with Crippen molar-refractivity contribution in [2.24, 2.45) is 0 Å². The van der Waals surface area contributed by atoms with Gasteiger partial charge in [0.15, 0.2) is 5.82 Å². The van der Waals surface area contributed by atoms with Crippen LogP contribution in [0.4, 0.5) is 0 Å². The Bertz CT molecular complexity index is 551. The quantitative estimate of drug-likeness (QED) is 0.814. The molecule has 0 bridgehead atoms. The Labute approximate surface area is 107 Å². The molecule has 2 aromatic heterocycles. The van der Waals surface area contributed by atoms with Crippen LogP contribution < -0.4 is 5.32 Å². The topological polar surface area (TPSA) is 55.6 Å². The van der Waals surface area contributed by atoms with Gasteiger partial charge in [-0.05, 0) is 35.0 Å². The molecule has 5 nitrogen and oxygen atoms in total. The molecule has 17 heavy (non-hydrogen) atoms. The van der Waals surface area contributed by atoms with Gasteiger partial charge in [-0.25, -0.2) is 4.98 Å². The molecule has 1 atom stereocenters. The number of halogens is 1. The molecule has 88 valence electrons. The van der Waals surface area contributed by atoms with Gasteiger partial charge in [0.05, 0.1) is 6.04 Å². The molecule has 0 spiro atoms. The van der Waals surface area contributed by atoms with Crippen molar-refractivity contribution in [3.63, 3.8) is 0 Å². The third-order valence-corrected chi connectivity index (χ3v) is 3.34. The number of hydrogen-bond donors (Lipinski definition) is 1. The van der Waals surface area contributed by atoms with Gasteiger partial charge in [0.1, 0.15) is 16.1 Å². The van der Waals surface area contributed by atoms with E-state index in [1.165, 1.54) is 0 Å². The zero-order valence-corrected chi connectivity index (χ0v) is 11.0. The maximum Gasteiger partial charge on any atom is 0.182 e. The number of rotatable bonds is 1. The highest BCUT2D eigenvalue weighted by molar-refractivity contribution is 9.10. The Hall–Kier alpha value is -1.27. The Balaban J connectivity index is 2.10. The normalized spacial score (nSPS) is 19.1. The second kappa shape index (κ2) is 4.19. The highest BCUT2D eigenvalue weighted by Crippen LogP contribution is 2.22. The number of nitrogens with zero attached hydrogens (tertiary/aromatic N) is 4. The SMILES string of the molecule is CC1NCCn2c(-c3cccc(Br)n3)nnc21. The maximum absolute atomic E-state index is 4.42. The van der Waals surface area contributed by atoms with Gasteiger partial charge < -0.3 is 9.88 Å². The van der Waals surface area contributed by atoms with Crippen LogP contribution >= 0.6 is 15.9 Å². The summed E-state index contributed by atoms with van der Waals surface area (Å²) in [4.78, 5) is 4.42. The van der Waals surface area contributed by atoms with E-state index >= 15 is 0 Å². The van der Waals surface area contributed by atoms with Crippen molar-refractivity contribution in [2.75, 3.05) is 6.54 Å². The van der Waals surface area contributed by atoms with Crippen LogP contribution in [0.3, 0.4) is 0 Å². The average Bonchev–Trinajstić information content (AvgIpc) is 2.74. The Kier molecular flexibility index (Phi) is 2.68. The Morgan fingerprint density at radius 3 is 3.12 bits per heavy atom. The Morgan fingerprint density at radius 2 is 2.29 bits per heavy atom. The van der Waals surface area contributed by atoms with Crippen molar-refractivity contribution in [1.82, 2.24) is 25.1 Å². The van der Waals surface area contributed by atoms with E-state index in [1.54, 1.807) is 0 Å². The summed E-state index contributed by atoms with van der Waals surface area (Å²) < 4.78 is 2.95. The standard InChI is InChI=1S/C11H12BrN5/c1-7-10-15-16-11(17(10)6-5-13-7)8-3-2-4-9(12)14-8/h2-4,7,13H,5-6H2,1H3. The molecule has 0 aromatic carbocycles. The van der Waals surface area contributed by atoms with Crippen LogP contribution in [0.1, 0.15) is 18.8 Å². The third-order valence-electron chi connectivity index (χ3n) is 2.90. The summed E-state index contributed by atoms with van der Waals surface area (Å²) in [5, 5.41) is 11.8. The van der Waals surface area contributed by atoms with Gasteiger partial charge in [0.25, 0.3) is 0 Å². The van der Waals surface area contributed by atoms with E-state index in [9.17, 15) is 0 Å². The van der Waals surface area contributed by atoms with Crippen LogP contribution in [0, 0.1) is 0 Å². The molecular formula is C11H12BrN5. The van der Waals surface area contributed by atoms with E-state index < -0.39 is 0 Å². The second-order valence-electron chi connectivity index (χ2n) is 4.05. The zero-order chi connectivity index (χ0) is 11.8. The zero-order valence-electron chi connectivity index (χ0n) is 9.39. The fraction of sp³-hybridized carbons (Fsp3) is 0.364. The lowest BCUT2D eigenvalue weighted by Gasteiger charge is -2.21. The first-order valence-corrected chi connectivity index (χ1v) is 6.34. The summed E-state index contributed by atoms with van der Waals surface area (Å²) in [5.41, 5.74) is 0.854. The van der Waals surface area contributed by atoms with Gasteiger partial charge in [-0.1, -0.05) is 6.07 Å². The number of hydrogen-bond acceptors (Lipinski definition) is 4. The van der Waals surface area contributed by atoms with Gasteiger partial charge in [0.2, 0.25) is 0 Å². The van der Waals surface area contributed by atoms with Crippen molar-refractivity contribution in [2.45, 2.75) is 19.5 Å². The molecule has 0 saturated heterocycles. The minimum atomic E-state index is 0.247. The second-order valence-corrected chi connectivity index (χ2v) is 4.87. The summed E-state index contributed by atoms with van der Waals surface area (Å²) in [5.74, 6) is 1.82. The van der Waals surface area contributed by atoms with E-state index in [0.29, 0.717) is 0 Å². The average molecular weight is 294 g/mol. The molecule has 3 rings (SSSR count). The molecule has 0 aliphatic carbocycles. The van der Waals surface area contributed by atoms with Crippen LogP contribution in [0.25, 0.3) is 11.5 Å². The molecule has 1 aliphatic heterocycles. The lowest BCUT2D eigenvalue weighted by molar-refractivity contribution is 0.438. The number of pyridine rings is 1. The summed E-state index contributed by atoms with van der Waals surface area (Å²) in [6.07, 6.45) is 0. The van der Waals surface area contributed by atoms with Crippen molar-refractivity contribution in [1.29, 1.82) is 0 Å². The van der Waals surface area contributed by atoms with Crippen molar-refractivity contribution >= 4 is 15.9 Å². The van der Waals surface area contributed by atoms with E-state index in [2.05, 4.69) is 47.9 Å². The highest BCUT2D eigenvalue weighted by atomic mass is 79.9. The van der Waals surface area contributed by atoms with Crippen LogP contribution in [0.15, 0.2) is 22.8 Å². The van der Waals surface area contributed by atoms with Crippen LogP contribution in [0.2, 0.25) is 0 Å². The summed E-state index contributed by atoms with van der Waals surface area (Å²) in [6, 6.07) is 6.06. The van der Waals surface area contributed by atoms with E-state index in [0.717, 1.165) is 35.0 Å². The van der Waals surface area contributed by atoms with Crippen molar-refractivity contribution < 1.29 is 0 Å². The van der Waals surface area contributed by atoms with Gasteiger partial charge in [0, 0.05) is 13.1 Å². The smallest absolute Gasteiger partial charge is 0.182 e. The van der Waals surface area contributed by atoms with Crippen LogP contribution in [-0.2, 0) is 6.54 Å². The summed E-state index contributed by atoms with van der Waals surface area (Å²) >= 11 is 3.37. The predicted octanol–water partition coefficient (Wildman–Crippen LogP) is 1.77. The molecule has 0 saturated carbocycles. The first-order valence-electron chi connectivity index (χ1n) is 5.55. The lowest BCUT2D eigenvalue weighted by Crippen LogP contribution is -2.32. The van der Waals surface area contributed by atoms with Crippen molar-refractivity contribution in [3.8, 4) is 11.5 Å². The van der Waals surface area contributed by atoms with Gasteiger partial charge in [-0.2, -0.15) is 0 Å². The third kappa shape index (κ3) is 1.87. The fourth-order valence-electron chi connectivity index (χ4n) is 2.06. The predicted molar refractivity (Wildman–Crippen MR) is 67.4 cm³/mol. The molecule has 0 radical (unpaired) electrons. The van der Waals surface area contributed by atoms with E-state index in [1.807, 2.05) is 18.2 Å². The highest BCUT2D eigenvalue weighted by Gasteiger charge is 2.22. The lowest BCUT2D eigenvalue weighted by atomic mass is 10.2.